The SMILES string of the molecule is CC(O)CCCSC[C@H](N)C(=O)O. The van der Waals surface area contributed by atoms with Gasteiger partial charge in [-0.15, -0.1) is 0 Å². The van der Waals surface area contributed by atoms with Gasteiger partial charge in [-0.05, 0) is 25.5 Å². The Bertz CT molecular complexity index is 152. The minimum atomic E-state index is -0.956. The molecule has 4 N–H and O–H groups in total. The van der Waals surface area contributed by atoms with Crippen LogP contribution in [-0.4, -0.2) is 39.8 Å². The molecule has 0 fully saturated rings. The van der Waals surface area contributed by atoms with E-state index < -0.39 is 12.0 Å². The molecule has 0 aliphatic rings. The zero-order valence-electron chi connectivity index (χ0n) is 7.77. The maximum absolute atomic E-state index is 10.3. The number of carboxylic acid groups (broad SMARTS) is 1. The third-order valence-electron chi connectivity index (χ3n) is 1.53. The summed E-state index contributed by atoms with van der Waals surface area (Å²) in [4.78, 5) is 10.3. The molecule has 13 heavy (non-hydrogen) atoms. The second kappa shape index (κ2) is 7.17. The van der Waals surface area contributed by atoms with Crippen molar-refractivity contribution in [3.8, 4) is 0 Å². The van der Waals surface area contributed by atoms with Crippen LogP contribution in [-0.2, 0) is 4.79 Å². The number of carboxylic acids is 1. The van der Waals surface area contributed by atoms with Crippen molar-refractivity contribution in [3.05, 3.63) is 0 Å². The van der Waals surface area contributed by atoms with Crippen molar-refractivity contribution in [1.29, 1.82) is 0 Å². The molecule has 0 rings (SSSR count). The van der Waals surface area contributed by atoms with E-state index in [1.165, 1.54) is 11.8 Å². The fourth-order valence-electron chi connectivity index (χ4n) is 0.762. The molecule has 0 radical (unpaired) electrons. The van der Waals surface area contributed by atoms with E-state index in [0.29, 0.717) is 5.75 Å². The van der Waals surface area contributed by atoms with Gasteiger partial charge in [-0.25, -0.2) is 0 Å². The number of rotatable bonds is 7. The number of hydrogen-bond acceptors (Lipinski definition) is 4. The number of nitrogens with two attached hydrogens (primary N) is 1. The van der Waals surface area contributed by atoms with E-state index in [1.807, 2.05) is 0 Å². The third kappa shape index (κ3) is 8.08. The third-order valence-corrected chi connectivity index (χ3v) is 2.70. The molecule has 0 heterocycles. The normalized spacial score (nSPS) is 15.3. The van der Waals surface area contributed by atoms with Crippen LogP contribution in [0, 0.1) is 0 Å². The minimum Gasteiger partial charge on any atom is -0.480 e. The molecule has 0 aromatic heterocycles. The van der Waals surface area contributed by atoms with Crippen LogP contribution in [0.3, 0.4) is 0 Å². The van der Waals surface area contributed by atoms with Gasteiger partial charge in [0.15, 0.2) is 0 Å². The monoisotopic (exact) mass is 207 g/mol. The molecule has 5 heteroatoms. The Kier molecular flexibility index (Phi) is 7.03. The van der Waals surface area contributed by atoms with Crippen LogP contribution in [0.15, 0.2) is 0 Å². The highest BCUT2D eigenvalue weighted by atomic mass is 32.2. The lowest BCUT2D eigenvalue weighted by Crippen LogP contribution is -2.32. The van der Waals surface area contributed by atoms with Crippen LogP contribution < -0.4 is 5.73 Å². The maximum atomic E-state index is 10.3. The molecule has 0 saturated carbocycles. The van der Waals surface area contributed by atoms with Crippen molar-refractivity contribution in [2.75, 3.05) is 11.5 Å². The predicted molar refractivity (Wildman–Crippen MR) is 53.9 cm³/mol. The second-order valence-corrected chi connectivity index (χ2v) is 4.16. The smallest absolute Gasteiger partial charge is 0.321 e. The van der Waals surface area contributed by atoms with Crippen LogP contribution in [0.5, 0.6) is 0 Å². The number of hydrogen-bond donors (Lipinski definition) is 3. The zero-order valence-corrected chi connectivity index (χ0v) is 8.59. The Balaban J connectivity index is 3.21. The van der Waals surface area contributed by atoms with Gasteiger partial charge in [0.05, 0.1) is 6.10 Å². The molecule has 0 bridgehead atoms. The molecule has 0 aromatic carbocycles. The highest BCUT2D eigenvalue weighted by Gasteiger charge is 2.10. The number of carbonyl (C=O) groups is 1. The van der Waals surface area contributed by atoms with Crippen molar-refractivity contribution in [2.45, 2.75) is 31.9 Å². The molecule has 4 nitrogen and oxygen atoms in total. The van der Waals surface area contributed by atoms with Gasteiger partial charge in [0, 0.05) is 5.75 Å². The molecule has 0 spiro atoms. The molecule has 0 aromatic rings. The Hall–Kier alpha value is -0.260. The summed E-state index contributed by atoms with van der Waals surface area (Å²) in [6, 6.07) is -0.767. The topological polar surface area (TPSA) is 83.5 Å². The van der Waals surface area contributed by atoms with E-state index >= 15 is 0 Å². The minimum absolute atomic E-state index is 0.270. The molecule has 1 unspecified atom stereocenters. The lowest BCUT2D eigenvalue weighted by atomic mass is 10.2. The number of thioether (sulfide) groups is 1. The van der Waals surface area contributed by atoms with Gasteiger partial charge < -0.3 is 15.9 Å². The molecular weight excluding hydrogens is 190 g/mol. The Labute approximate surface area is 82.5 Å². The van der Waals surface area contributed by atoms with Crippen molar-refractivity contribution in [3.63, 3.8) is 0 Å². The van der Waals surface area contributed by atoms with Crippen LogP contribution in [0.2, 0.25) is 0 Å². The molecule has 0 saturated heterocycles. The molecule has 0 aliphatic heterocycles. The molecule has 2 atom stereocenters. The van der Waals surface area contributed by atoms with E-state index in [9.17, 15) is 4.79 Å². The van der Waals surface area contributed by atoms with Gasteiger partial charge in [-0.1, -0.05) is 0 Å². The van der Waals surface area contributed by atoms with Crippen LogP contribution >= 0.6 is 11.8 Å². The van der Waals surface area contributed by atoms with Gasteiger partial charge in [-0.3, -0.25) is 4.79 Å². The van der Waals surface area contributed by atoms with Gasteiger partial charge in [0.1, 0.15) is 6.04 Å². The lowest BCUT2D eigenvalue weighted by molar-refractivity contribution is -0.137. The lowest BCUT2D eigenvalue weighted by Gasteiger charge is -2.06. The quantitative estimate of drug-likeness (QED) is 0.523. The van der Waals surface area contributed by atoms with Crippen molar-refractivity contribution in [2.24, 2.45) is 5.73 Å². The maximum Gasteiger partial charge on any atom is 0.321 e. The second-order valence-electron chi connectivity index (χ2n) is 3.01. The summed E-state index contributed by atoms with van der Waals surface area (Å²) in [6.45, 7) is 1.74. The van der Waals surface area contributed by atoms with Crippen molar-refractivity contribution in [1.82, 2.24) is 0 Å². The average molecular weight is 207 g/mol. The van der Waals surface area contributed by atoms with Crippen LogP contribution in [0.4, 0.5) is 0 Å². The average Bonchev–Trinajstić information content (AvgIpc) is 2.02. The highest BCUT2D eigenvalue weighted by Crippen LogP contribution is 2.07. The number of aliphatic hydroxyl groups is 1. The first-order valence-electron chi connectivity index (χ1n) is 4.28. The van der Waals surface area contributed by atoms with E-state index in [4.69, 9.17) is 15.9 Å². The van der Waals surface area contributed by atoms with Crippen LogP contribution in [0.1, 0.15) is 19.8 Å². The first kappa shape index (κ1) is 12.7. The molecular formula is C8H17NO3S. The van der Waals surface area contributed by atoms with E-state index in [-0.39, 0.29) is 6.10 Å². The Morgan fingerprint density at radius 2 is 2.23 bits per heavy atom. The summed E-state index contributed by atoms with van der Waals surface area (Å²) in [5.41, 5.74) is 5.29. The Morgan fingerprint density at radius 1 is 1.62 bits per heavy atom. The molecule has 78 valence electrons. The fraction of sp³-hybridized carbons (Fsp3) is 0.875. The largest absolute Gasteiger partial charge is 0.480 e. The summed E-state index contributed by atoms with van der Waals surface area (Å²) in [6.07, 6.45) is 1.39. The van der Waals surface area contributed by atoms with Crippen molar-refractivity contribution < 1.29 is 15.0 Å². The summed E-state index contributed by atoms with van der Waals surface area (Å²) in [5, 5.41) is 17.4. The van der Waals surface area contributed by atoms with E-state index in [0.717, 1.165) is 18.6 Å². The summed E-state index contributed by atoms with van der Waals surface area (Å²) in [5.74, 6) is 0.337. The summed E-state index contributed by atoms with van der Waals surface area (Å²) >= 11 is 1.51. The highest BCUT2D eigenvalue weighted by molar-refractivity contribution is 7.99. The fourth-order valence-corrected chi connectivity index (χ4v) is 1.70. The van der Waals surface area contributed by atoms with Gasteiger partial charge in [0.25, 0.3) is 0 Å². The first-order chi connectivity index (χ1) is 6.04. The van der Waals surface area contributed by atoms with E-state index in [2.05, 4.69) is 0 Å². The molecule has 0 aliphatic carbocycles. The Morgan fingerprint density at radius 3 is 2.69 bits per heavy atom. The zero-order chi connectivity index (χ0) is 10.3. The van der Waals surface area contributed by atoms with Crippen LogP contribution in [0.25, 0.3) is 0 Å². The number of aliphatic hydroxyl groups excluding tert-OH is 1. The van der Waals surface area contributed by atoms with Gasteiger partial charge >= 0.3 is 5.97 Å². The number of aliphatic carboxylic acids is 1. The standard InChI is InChI=1S/C8H17NO3S/c1-6(10)3-2-4-13-5-7(9)8(11)12/h6-7,10H,2-5,9H2,1H3,(H,11,12)/t6?,7-/m0/s1. The molecule has 0 amide bonds. The first-order valence-corrected chi connectivity index (χ1v) is 5.43. The van der Waals surface area contributed by atoms with E-state index in [1.54, 1.807) is 6.92 Å². The van der Waals surface area contributed by atoms with Crippen molar-refractivity contribution >= 4 is 17.7 Å². The summed E-state index contributed by atoms with van der Waals surface area (Å²) < 4.78 is 0. The van der Waals surface area contributed by atoms with Gasteiger partial charge in [-0.2, -0.15) is 11.8 Å². The summed E-state index contributed by atoms with van der Waals surface area (Å²) in [7, 11) is 0. The predicted octanol–water partition coefficient (Wildman–Crippen LogP) is 0.292. The van der Waals surface area contributed by atoms with Gasteiger partial charge in [0.2, 0.25) is 0 Å².